The lowest BCUT2D eigenvalue weighted by atomic mass is 9.77. The number of aryl methyl sites for hydroxylation is 1. The quantitative estimate of drug-likeness (QED) is 0.911. The Kier molecular flexibility index (Phi) is 4.59. The maximum absolute atomic E-state index is 12.8. The van der Waals surface area contributed by atoms with Crippen molar-refractivity contribution in [1.82, 2.24) is 14.7 Å². The van der Waals surface area contributed by atoms with E-state index in [1.807, 2.05) is 11.8 Å². The first-order chi connectivity index (χ1) is 9.84. The van der Waals surface area contributed by atoms with E-state index in [1.165, 1.54) is 6.42 Å². The number of carbonyl (C=O) groups excluding carboxylic acids is 1. The Bertz CT molecular complexity index is 501. The van der Waals surface area contributed by atoms with Gasteiger partial charge in [-0.2, -0.15) is 5.10 Å². The molecule has 1 saturated heterocycles. The third-order valence-electron chi connectivity index (χ3n) is 4.61. The number of rotatable bonds is 2. The van der Waals surface area contributed by atoms with Crippen LogP contribution in [0.5, 0.6) is 0 Å². The van der Waals surface area contributed by atoms with Crippen molar-refractivity contribution in [2.24, 2.45) is 11.3 Å². The van der Waals surface area contributed by atoms with Crippen molar-refractivity contribution in [2.45, 2.75) is 53.5 Å². The van der Waals surface area contributed by atoms with E-state index < -0.39 is 0 Å². The molecule has 2 heterocycles. The fourth-order valence-corrected chi connectivity index (χ4v) is 3.19. The lowest BCUT2D eigenvalue weighted by molar-refractivity contribution is 0.0744. The fourth-order valence-electron chi connectivity index (χ4n) is 3.19. The molecule has 0 saturated carbocycles. The zero-order valence-corrected chi connectivity index (χ0v) is 13.7. The molecular weight excluding hydrogens is 264 g/mol. The van der Waals surface area contributed by atoms with Gasteiger partial charge < -0.3 is 10.6 Å². The second-order valence-corrected chi connectivity index (χ2v) is 7.05. The van der Waals surface area contributed by atoms with Crippen LogP contribution in [0.15, 0.2) is 6.20 Å². The lowest BCUT2D eigenvalue weighted by Crippen LogP contribution is -2.34. The molecule has 5 heteroatoms. The maximum Gasteiger partial charge on any atom is 0.274 e. The number of aromatic nitrogens is 2. The summed E-state index contributed by atoms with van der Waals surface area (Å²) in [6.07, 6.45) is 4.89. The van der Waals surface area contributed by atoms with Crippen LogP contribution in [0.3, 0.4) is 0 Å². The smallest absolute Gasteiger partial charge is 0.274 e. The summed E-state index contributed by atoms with van der Waals surface area (Å²) in [4.78, 5) is 14.7. The average molecular weight is 292 g/mol. The Balaban J connectivity index is 2.12. The second kappa shape index (κ2) is 6.08. The van der Waals surface area contributed by atoms with E-state index in [1.54, 1.807) is 10.9 Å². The molecule has 1 atom stereocenters. The minimum Gasteiger partial charge on any atom is -0.396 e. The van der Waals surface area contributed by atoms with Crippen LogP contribution in [0.4, 0.5) is 5.69 Å². The van der Waals surface area contributed by atoms with Crippen molar-refractivity contribution in [2.75, 3.05) is 18.8 Å². The summed E-state index contributed by atoms with van der Waals surface area (Å²) in [5.41, 5.74) is 7.27. The van der Waals surface area contributed by atoms with Gasteiger partial charge in [0.05, 0.1) is 11.9 Å². The predicted molar refractivity (Wildman–Crippen MR) is 85.0 cm³/mol. The van der Waals surface area contributed by atoms with Crippen molar-refractivity contribution in [1.29, 1.82) is 0 Å². The largest absolute Gasteiger partial charge is 0.396 e. The van der Waals surface area contributed by atoms with Gasteiger partial charge in [0.1, 0.15) is 5.69 Å². The highest BCUT2D eigenvalue weighted by atomic mass is 16.2. The van der Waals surface area contributed by atoms with Gasteiger partial charge in [-0.05, 0) is 37.5 Å². The number of likely N-dealkylation sites (tertiary alicyclic amines) is 1. The summed E-state index contributed by atoms with van der Waals surface area (Å²) >= 11 is 0. The van der Waals surface area contributed by atoms with Gasteiger partial charge in [-0.3, -0.25) is 9.48 Å². The van der Waals surface area contributed by atoms with Gasteiger partial charge in [-0.1, -0.05) is 20.8 Å². The average Bonchev–Trinajstić information content (AvgIpc) is 2.64. The van der Waals surface area contributed by atoms with Crippen molar-refractivity contribution < 1.29 is 4.79 Å². The molecule has 0 aliphatic carbocycles. The number of nitrogen functional groups attached to an aromatic ring is 1. The summed E-state index contributed by atoms with van der Waals surface area (Å²) in [7, 11) is 0. The number of amides is 1. The lowest BCUT2D eigenvalue weighted by Gasteiger charge is -2.29. The van der Waals surface area contributed by atoms with Crippen molar-refractivity contribution in [3.63, 3.8) is 0 Å². The van der Waals surface area contributed by atoms with E-state index in [0.29, 0.717) is 29.3 Å². The molecule has 2 N–H and O–H groups in total. The molecule has 1 aliphatic rings. The highest BCUT2D eigenvalue weighted by Crippen LogP contribution is 2.34. The Morgan fingerprint density at radius 3 is 2.71 bits per heavy atom. The van der Waals surface area contributed by atoms with Crippen molar-refractivity contribution in [3.05, 3.63) is 11.9 Å². The molecule has 1 fully saturated rings. The first-order valence-corrected chi connectivity index (χ1v) is 7.95. The van der Waals surface area contributed by atoms with Crippen LogP contribution in [0, 0.1) is 11.3 Å². The third-order valence-corrected chi connectivity index (χ3v) is 4.61. The molecule has 1 unspecified atom stereocenters. The molecule has 0 radical (unpaired) electrons. The summed E-state index contributed by atoms with van der Waals surface area (Å²) in [6, 6.07) is 0. The van der Waals surface area contributed by atoms with Crippen LogP contribution in [-0.4, -0.2) is 33.7 Å². The standard InChI is InChI=1S/C16H28N4O/c1-5-20-14(13(17)11-18-20)15(21)19-9-6-7-12(8-10-19)16(2,3)4/h11-12H,5-10,17H2,1-4H3. The van der Waals surface area contributed by atoms with Crippen LogP contribution in [0.25, 0.3) is 0 Å². The number of anilines is 1. The summed E-state index contributed by atoms with van der Waals surface area (Å²) in [5, 5.41) is 4.17. The monoisotopic (exact) mass is 292 g/mol. The van der Waals surface area contributed by atoms with Gasteiger partial charge in [-0.25, -0.2) is 0 Å². The molecule has 2 rings (SSSR count). The van der Waals surface area contributed by atoms with Crippen molar-refractivity contribution >= 4 is 11.6 Å². The van der Waals surface area contributed by atoms with Gasteiger partial charge in [0.25, 0.3) is 5.91 Å². The number of hydrogen-bond donors (Lipinski definition) is 1. The van der Waals surface area contributed by atoms with Crippen LogP contribution in [0.1, 0.15) is 57.4 Å². The Morgan fingerprint density at radius 1 is 1.38 bits per heavy atom. The molecule has 0 spiro atoms. The normalized spacial score (nSPS) is 20.4. The summed E-state index contributed by atoms with van der Waals surface area (Å²) in [5.74, 6) is 0.699. The van der Waals surface area contributed by atoms with Crippen LogP contribution in [0.2, 0.25) is 0 Å². The molecule has 118 valence electrons. The van der Waals surface area contributed by atoms with E-state index in [0.717, 1.165) is 25.9 Å². The summed E-state index contributed by atoms with van der Waals surface area (Å²) < 4.78 is 1.70. The first kappa shape index (κ1) is 15.9. The molecule has 1 aliphatic heterocycles. The minimum absolute atomic E-state index is 0.0291. The highest BCUT2D eigenvalue weighted by molar-refractivity contribution is 5.97. The van der Waals surface area contributed by atoms with Crippen LogP contribution < -0.4 is 5.73 Å². The highest BCUT2D eigenvalue weighted by Gasteiger charge is 2.30. The zero-order chi connectivity index (χ0) is 15.6. The first-order valence-electron chi connectivity index (χ1n) is 7.95. The van der Waals surface area contributed by atoms with Gasteiger partial charge in [-0.15, -0.1) is 0 Å². The van der Waals surface area contributed by atoms with E-state index >= 15 is 0 Å². The molecule has 21 heavy (non-hydrogen) atoms. The molecule has 1 aromatic heterocycles. The summed E-state index contributed by atoms with van der Waals surface area (Å²) in [6.45, 7) is 11.1. The van der Waals surface area contributed by atoms with Gasteiger partial charge in [0, 0.05) is 19.6 Å². The SMILES string of the molecule is CCn1ncc(N)c1C(=O)N1CCCC(C(C)(C)C)CC1. The Labute approximate surface area is 127 Å². The maximum atomic E-state index is 12.8. The van der Waals surface area contributed by atoms with E-state index in [-0.39, 0.29) is 5.91 Å². The van der Waals surface area contributed by atoms with Gasteiger partial charge >= 0.3 is 0 Å². The molecular formula is C16H28N4O. The number of nitrogens with two attached hydrogens (primary N) is 1. The van der Waals surface area contributed by atoms with Gasteiger partial charge in [0.15, 0.2) is 0 Å². The number of carbonyl (C=O) groups is 1. The van der Waals surface area contributed by atoms with Crippen molar-refractivity contribution in [3.8, 4) is 0 Å². The predicted octanol–water partition coefficient (Wildman–Crippen LogP) is 2.77. The van der Waals surface area contributed by atoms with E-state index in [2.05, 4.69) is 25.9 Å². The molecule has 0 bridgehead atoms. The van der Waals surface area contributed by atoms with E-state index in [4.69, 9.17) is 5.73 Å². The number of nitrogens with zero attached hydrogens (tertiary/aromatic N) is 3. The molecule has 1 amide bonds. The molecule has 0 aromatic carbocycles. The molecule has 1 aromatic rings. The zero-order valence-electron chi connectivity index (χ0n) is 13.7. The second-order valence-electron chi connectivity index (χ2n) is 7.05. The van der Waals surface area contributed by atoms with Crippen LogP contribution >= 0.6 is 0 Å². The third kappa shape index (κ3) is 3.39. The van der Waals surface area contributed by atoms with Crippen LogP contribution in [-0.2, 0) is 6.54 Å². The molecule has 5 nitrogen and oxygen atoms in total. The minimum atomic E-state index is 0.0291. The van der Waals surface area contributed by atoms with E-state index in [9.17, 15) is 4.79 Å². The Morgan fingerprint density at radius 2 is 2.10 bits per heavy atom. The topological polar surface area (TPSA) is 64.2 Å². The van der Waals surface area contributed by atoms with Gasteiger partial charge in [0.2, 0.25) is 0 Å². The Hall–Kier alpha value is -1.52. The fraction of sp³-hybridized carbons (Fsp3) is 0.750. The number of hydrogen-bond acceptors (Lipinski definition) is 3.